The lowest BCUT2D eigenvalue weighted by atomic mass is 10.2. The molecule has 1 aromatic carbocycles. The maximum atomic E-state index is 12.1. The van der Waals surface area contributed by atoms with Crippen LogP contribution in [-0.4, -0.2) is 30.0 Å². The molecule has 5 nitrogen and oxygen atoms in total. The third-order valence-electron chi connectivity index (χ3n) is 3.19. The number of nitrogens with two attached hydrogens (primary N) is 1. The molecule has 0 saturated carbocycles. The molecule has 100 valence electrons. The van der Waals surface area contributed by atoms with E-state index in [4.69, 9.17) is 15.7 Å². The van der Waals surface area contributed by atoms with Crippen LogP contribution in [0.5, 0.6) is 5.75 Å². The average Bonchev–Trinajstić information content (AvgIpc) is 2.93. The van der Waals surface area contributed by atoms with Crippen LogP contribution in [0.2, 0.25) is 0 Å². The van der Waals surface area contributed by atoms with Gasteiger partial charge in [-0.15, -0.1) is 0 Å². The first-order valence-electron chi connectivity index (χ1n) is 6.37. The smallest absolute Gasteiger partial charge is 0.263 e. The van der Waals surface area contributed by atoms with Crippen molar-refractivity contribution in [2.45, 2.75) is 25.9 Å². The zero-order valence-electron chi connectivity index (χ0n) is 10.9. The molecular weight excluding hydrogens is 242 g/mol. The third-order valence-corrected chi connectivity index (χ3v) is 3.19. The van der Waals surface area contributed by atoms with Gasteiger partial charge >= 0.3 is 0 Å². The van der Waals surface area contributed by atoms with Gasteiger partial charge in [-0.1, -0.05) is 0 Å². The molecule has 19 heavy (non-hydrogen) atoms. The molecule has 1 aliphatic heterocycles. The second kappa shape index (κ2) is 5.61. The number of amides is 1. The molecular formula is C14H17N3O2. The van der Waals surface area contributed by atoms with E-state index >= 15 is 0 Å². The second-order valence-corrected chi connectivity index (χ2v) is 4.66. The average molecular weight is 259 g/mol. The SMILES string of the molecule is CC(Oc1ccc(N)cc1C#N)C(=O)N1CCCC1. The van der Waals surface area contributed by atoms with E-state index in [1.165, 1.54) is 0 Å². The summed E-state index contributed by atoms with van der Waals surface area (Å²) in [5, 5.41) is 9.02. The van der Waals surface area contributed by atoms with Crippen LogP contribution in [-0.2, 0) is 4.79 Å². The molecule has 5 heteroatoms. The molecule has 1 amide bonds. The van der Waals surface area contributed by atoms with Crippen molar-refractivity contribution in [3.8, 4) is 11.8 Å². The molecule has 1 aliphatic rings. The van der Waals surface area contributed by atoms with Gasteiger partial charge in [0.15, 0.2) is 6.10 Å². The van der Waals surface area contributed by atoms with Crippen molar-refractivity contribution in [1.29, 1.82) is 5.26 Å². The fourth-order valence-electron chi connectivity index (χ4n) is 2.17. The van der Waals surface area contributed by atoms with E-state index in [2.05, 4.69) is 0 Å². The number of anilines is 1. The Morgan fingerprint density at radius 2 is 2.16 bits per heavy atom. The molecule has 0 bridgehead atoms. The van der Waals surface area contributed by atoms with Crippen molar-refractivity contribution >= 4 is 11.6 Å². The number of benzene rings is 1. The van der Waals surface area contributed by atoms with Crippen LogP contribution in [0.3, 0.4) is 0 Å². The second-order valence-electron chi connectivity index (χ2n) is 4.66. The molecule has 1 atom stereocenters. The highest BCUT2D eigenvalue weighted by molar-refractivity contribution is 5.81. The van der Waals surface area contributed by atoms with Gasteiger partial charge in [0.25, 0.3) is 5.91 Å². The number of ether oxygens (including phenoxy) is 1. The Hall–Kier alpha value is -2.22. The predicted octanol–water partition coefficient (Wildman–Crippen LogP) is 1.53. The standard InChI is InChI=1S/C14H17N3O2/c1-10(14(18)17-6-2-3-7-17)19-13-5-4-12(16)8-11(13)9-15/h4-5,8,10H,2-3,6-7,16H2,1H3. The number of likely N-dealkylation sites (tertiary alicyclic amines) is 1. The lowest BCUT2D eigenvalue weighted by Crippen LogP contribution is -2.38. The van der Waals surface area contributed by atoms with Crippen molar-refractivity contribution < 1.29 is 9.53 Å². The Morgan fingerprint density at radius 3 is 2.79 bits per heavy atom. The van der Waals surface area contributed by atoms with Gasteiger partial charge in [-0.25, -0.2) is 0 Å². The van der Waals surface area contributed by atoms with Crippen molar-refractivity contribution in [3.63, 3.8) is 0 Å². The summed E-state index contributed by atoms with van der Waals surface area (Å²) in [5.41, 5.74) is 6.46. The van der Waals surface area contributed by atoms with Gasteiger partial charge in [0.1, 0.15) is 11.8 Å². The number of nitrogen functional groups attached to an aromatic ring is 1. The van der Waals surface area contributed by atoms with Crippen molar-refractivity contribution in [3.05, 3.63) is 23.8 Å². The quantitative estimate of drug-likeness (QED) is 0.835. The Bertz CT molecular complexity index is 516. The molecule has 1 saturated heterocycles. The highest BCUT2D eigenvalue weighted by Gasteiger charge is 2.25. The fraction of sp³-hybridized carbons (Fsp3) is 0.429. The lowest BCUT2D eigenvalue weighted by molar-refractivity contribution is -0.136. The molecule has 0 spiro atoms. The normalized spacial score (nSPS) is 15.9. The maximum Gasteiger partial charge on any atom is 0.263 e. The number of hydrogen-bond donors (Lipinski definition) is 1. The van der Waals surface area contributed by atoms with Crippen LogP contribution in [0.25, 0.3) is 0 Å². The number of rotatable bonds is 3. The van der Waals surface area contributed by atoms with E-state index in [-0.39, 0.29) is 5.91 Å². The molecule has 0 aliphatic carbocycles. The first-order valence-corrected chi connectivity index (χ1v) is 6.37. The summed E-state index contributed by atoms with van der Waals surface area (Å²) in [7, 11) is 0. The minimum absolute atomic E-state index is 0.0294. The highest BCUT2D eigenvalue weighted by Crippen LogP contribution is 2.22. The lowest BCUT2D eigenvalue weighted by Gasteiger charge is -2.21. The van der Waals surface area contributed by atoms with Crippen LogP contribution >= 0.6 is 0 Å². The van der Waals surface area contributed by atoms with Gasteiger partial charge in [-0.2, -0.15) is 5.26 Å². The third kappa shape index (κ3) is 2.97. The molecule has 1 unspecified atom stereocenters. The molecule has 1 fully saturated rings. The van der Waals surface area contributed by atoms with Gasteiger partial charge < -0.3 is 15.4 Å². The van der Waals surface area contributed by atoms with Crippen LogP contribution in [0.4, 0.5) is 5.69 Å². The summed E-state index contributed by atoms with van der Waals surface area (Å²) < 4.78 is 5.60. The Kier molecular flexibility index (Phi) is 3.91. The summed E-state index contributed by atoms with van der Waals surface area (Å²) in [6, 6.07) is 6.85. The number of nitriles is 1. The van der Waals surface area contributed by atoms with Gasteiger partial charge in [0, 0.05) is 18.8 Å². The van der Waals surface area contributed by atoms with Gasteiger partial charge in [-0.05, 0) is 38.0 Å². The van der Waals surface area contributed by atoms with Gasteiger partial charge in [0.2, 0.25) is 0 Å². The number of carbonyl (C=O) groups is 1. The van der Waals surface area contributed by atoms with Crippen molar-refractivity contribution in [2.75, 3.05) is 18.8 Å². The first-order chi connectivity index (χ1) is 9.11. The minimum atomic E-state index is -0.589. The largest absolute Gasteiger partial charge is 0.480 e. The fourth-order valence-corrected chi connectivity index (χ4v) is 2.17. The summed E-state index contributed by atoms with van der Waals surface area (Å²) in [6.45, 7) is 3.29. The topological polar surface area (TPSA) is 79.3 Å². The van der Waals surface area contributed by atoms with E-state index < -0.39 is 6.10 Å². The molecule has 0 aromatic heterocycles. The predicted molar refractivity (Wildman–Crippen MR) is 71.5 cm³/mol. The van der Waals surface area contributed by atoms with Crippen LogP contribution < -0.4 is 10.5 Å². The molecule has 1 heterocycles. The summed E-state index contributed by atoms with van der Waals surface area (Å²) in [5.74, 6) is 0.370. The first kappa shape index (κ1) is 13.2. The molecule has 1 aromatic rings. The number of carbonyl (C=O) groups excluding carboxylic acids is 1. The van der Waals surface area contributed by atoms with Crippen LogP contribution in [0.1, 0.15) is 25.3 Å². The van der Waals surface area contributed by atoms with E-state index in [9.17, 15) is 4.79 Å². The Labute approximate surface area is 112 Å². The molecule has 2 N–H and O–H groups in total. The van der Waals surface area contributed by atoms with E-state index in [1.54, 1.807) is 30.0 Å². The molecule has 2 rings (SSSR count). The zero-order valence-corrected chi connectivity index (χ0v) is 10.9. The number of nitrogens with zero attached hydrogens (tertiary/aromatic N) is 2. The molecule has 0 radical (unpaired) electrons. The summed E-state index contributed by atoms with van der Waals surface area (Å²) in [4.78, 5) is 13.9. The monoisotopic (exact) mass is 259 g/mol. The van der Waals surface area contributed by atoms with Crippen LogP contribution in [0.15, 0.2) is 18.2 Å². The van der Waals surface area contributed by atoms with Crippen molar-refractivity contribution in [2.24, 2.45) is 0 Å². The van der Waals surface area contributed by atoms with E-state index in [0.29, 0.717) is 17.0 Å². The summed E-state index contributed by atoms with van der Waals surface area (Å²) >= 11 is 0. The number of hydrogen-bond acceptors (Lipinski definition) is 4. The van der Waals surface area contributed by atoms with Crippen LogP contribution in [0, 0.1) is 11.3 Å². The minimum Gasteiger partial charge on any atom is -0.480 e. The zero-order chi connectivity index (χ0) is 13.8. The van der Waals surface area contributed by atoms with Gasteiger partial charge in [-0.3, -0.25) is 4.79 Å². The summed E-state index contributed by atoms with van der Waals surface area (Å²) in [6.07, 6.45) is 1.50. The Balaban J connectivity index is 2.08. The van der Waals surface area contributed by atoms with Crippen molar-refractivity contribution in [1.82, 2.24) is 4.90 Å². The maximum absolute atomic E-state index is 12.1. The van der Waals surface area contributed by atoms with E-state index in [0.717, 1.165) is 25.9 Å². The Morgan fingerprint density at radius 1 is 1.47 bits per heavy atom. The van der Waals surface area contributed by atoms with Gasteiger partial charge in [0.05, 0.1) is 5.56 Å². The highest BCUT2D eigenvalue weighted by atomic mass is 16.5. The van der Waals surface area contributed by atoms with E-state index in [1.807, 2.05) is 6.07 Å².